The van der Waals surface area contributed by atoms with Crippen LogP contribution in [0.4, 0.5) is 11.6 Å². The Kier molecular flexibility index (Phi) is 4.85. The Labute approximate surface area is 106 Å². The van der Waals surface area contributed by atoms with Gasteiger partial charge in [-0.25, -0.2) is 20.6 Å². The third-order valence-corrected chi connectivity index (χ3v) is 2.55. The van der Waals surface area contributed by atoms with Crippen LogP contribution in [0.3, 0.4) is 0 Å². The second-order valence-electron chi connectivity index (χ2n) is 3.85. The number of carbonyl (C=O) groups excluding carboxylic acids is 1. The number of methoxy groups -OCH3 is 1. The van der Waals surface area contributed by atoms with Crippen molar-refractivity contribution in [3.8, 4) is 0 Å². The highest BCUT2D eigenvalue weighted by Crippen LogP contribution is 2.20. The molecule has 1 aromatic heterocycles. The fourth-order valence-corrected chi connectivity index (χ4v) is 1.44. The largest absolute Gasteiger partial charge is 0.467 e. The molecule has 0 radical (unpaired) electrons. The molecule has 1 heterocycles. The van der Waals surface area contributed by atoms with E-state index in [-0.39, 0.29) is 5.97 Å². The van der Waals surface area contributed by atoms with Crippen molar-refractivity contribution in [2.45, 2.75) is 33.2 Å². The van der Waals surface area contributed by atoms with Crippen LogP contribution in [0.25, 0.3) is 0 Å². The summed E-state index contributed by atoms with van der Waals surface area (Å²) in [6.45, 7) is 5.47. The molecule has 1 aromatic rings. The smallest absolute Gasteiger partial charge is 0.328 e. The number of rotatable bonds is 5. The van der Waals surface area contributed by atoms with Gasteiger partial charge in [-0.3, -0.25) is 0 Å². The maximum Gasteiger partial charge on any atom is 0.328 e. The van der Waals surface area contributed by atoms with Crippen molar-refractivity contribution in [1.82, 2.24) is 9.97 Å². The number of anilines is 2. The van der Waals surface area contributed by atoms with E-state index in [0.29, 0.717) is 23.9 Å². The Balaban J connectivity index is 3.03. The molecule has 7 nitrogen and oxygen atoms in total. The van der Waals surface area contributed by atoms with Gasteiger partial charge in [-0.1, -0.05) is 6.92 Å². The first-order valence-corrected chi connectivity index (χ1v) is 5.71. The number of hydrazine groups is 1. The van der Waals surface area contributed by atoms with Gasteiger partial charge in [0.1, 0.15) is 23.5 Å². The number of aromatic nitrogens is 2. The molecule has 4 N–H and O–H groups in total. The zero-order valence-corrected chi connectivity index (χ0v) is 11.1. The van der Waals surface area contributed by atoms with Gasteiger partial charge >= 0.3 is 5.97 Å². The monoisotopic (exact) mass is 253 g/mol. The van der Waals surface area contributed by atoms with Crippen LogP contribution in [0, 0.1) is 6.92 Å². The van der Waals surface area contributed by atoms with Gasteiger partial charge in [-0.2, -0.15) is 0 Å². The molecule has 0 aliphatic rings. The summed E-state index contributed by atoms with van der Waals surface area (Å²) in [5.41, 5.74) is 3.27. The molecule has 1 rings (SSSR count). The number of ether oxygens (including phenoxy) is 1. The van der Waals surface area contributed by atoms with Crippen molar-refractivity contribution in [3.63, 3.8) is 0 Å². The number of nitrogens with zero attached hydrogens (tertiary/aromatic N) is 2. The molecule has 0 aliphatic carbocycles. The van der Waals surface area contributed by atoms with Gasteiger partial charge in [0.2, 0.25) is 0 Å². The summed E-state index contributed by atoms with van der Waals surface area (Å²) in [5, 5.41) is 2.99. The second-order valence-corrected chi connectivity index (χ2v) is 3.85. The van der Waals surface area contributed by atoms with Crippen LogP contribution in [0.15, 0.2) is 0 Å². The van der Waals surface area contributed by atoms with Crippen molar-refractivity contribution < 1.29 is 9.53 Å². The van der Waals surface area contributed by atoms with Crippen molar-refractivity contribution >= 4 is 17.6 Å². The third kappa shape index (κ3) is 3.07. The molecule has 0 aromatic carbocycles. The minimum Gasteiger partial charge on any atom is -0.467 e. The second kappa shape index (κ2) is 6.15. The lowest BCUT2D eigenvalue weighted by Gasteiger charge is -2.16. The average molecular weight is 253 g/mol. The topological polar surface area (TPSA) is 102 Å². The highest BCUT2D eigenvalue weighted by molar-refractivity contribution is 5.78. The molecule has 0 amide bonds. The fraction of sp³-hybridized carbons (Fsp3) is 0.545. The van der Waals surface area contributed by atoms with Crippen LogP contribution in [0.1, 0.15) is 25.2 Å². The highest BCUT2D eigenvalue weighted by Gasteiger charge is 2.16. The van der Waals surface area contributed by atoms with Gasteiger partial charge in [-0.15, -0.1) is 0 Å². The standard InChI is InChI=1S/C11H19N5O2/c1-5-8-14-9(6(2)10(15-8)16-12)13-7(3)11(17)18-4/h7H,5,12H2,1-4H3,(H2,13,14,15,16). The summed E-state index contributed by atoms with van der Waals surface area (Å²) in [7, 11) is 1.34. The number of nitrogens with two attached hydrogens (primary N) is 1. The van der Waals surface area contributed by atoms with E-state index in [2.05, 4.69) is 25.4 Å². The Morgan fingerprint density at radius 2 is 2.06 bits per heavy atom. The molecular weight excluding hydrogens is 234 g/mol. The Morgan fingerprint density at radius 3 is 2.56 bits per heavy atom. The minimum absolute atomic E-state index is 0.353. The van der Waals surface area contributed by atoms with E-state index in [1.807, 2.05) is 13.8 Å². The van der Waals surface area contributed by atoms with E-state index in [0.717, 1.165) is 5.56 Å². The van der Waals surface area contributed by atoms with E-state index in [1.165, 1.54) is 7.11 Å². The third-order valence-electron chi connectivity index (χ3n) is 2.55. The van der Waals surface area contributed by atoms with Gasteiger partial charge in [0.05, 0.1) is 7.11 Å². The Morgan fingerprint density at radius 1 is 1.44 bits per heavy atom. The molecule has 18 heavy (non-hydrogen) atoms. The summed E-state index contributed by atoms with van der Waals surface area (Å²) in [6.07, 6.45) is 0.677. The summed E-state index contributed by atoms with van der Waals surface area (Å²) < 4.78 is 4.65. The van der Waals surface area contributed by atoms with Crippen LogP contribution in [0.5, 0.6) is 0 Å². The van der Waals surface area contributed by atoms with E-state index < -0.39 is 6.04 Å². The van der Waals surface area contributed by atoms with Crippen LogP contribution in [0.2, 0.25) is 0 Å². The number of nitrogens with one attached hydrogen (secondary N) is 2. The van der Waals surface area contributed by atoms with Crippen molar-refractivity contribution in [3.05, 3.63) is 11.4 Å². The Hall–Kier alpha value is -1.89. The number of hydrogen-bond donors (Lipinski definition) is 3. The SMILES string of the molecule is CCc1nc(NN)c(C)c(NC(C)C(=O)OC)n1. The zero-order valence-electron chi connectivity index (χ0n) is 11.1. The van der Waals surface area contributed by atoms with Gasteiger partial charge < -0.3 is 15.5 Å². The summed E-state index contributed by atoms with van der Waals surface area (Å²) in [4.78, 5) is 19.9. The van der Waals surface area contributed by atoms with Crippen LogP contribution < -0.4 is 16.6 Å². The van der Waals surface area contributed by atoms with Crippen molar-refractivity contribution in [2.24, 2.45) is 5.84 Å². The highest BCUT2D eigenvalue weighted by atomic mass is 16.5. The number of hydrogen-bond acceptors (Lipinski definition) is 7. The lowest BCUT2D eigenvalue weighted by Crippen LogP contribution is -2.28. The molecule has 0 saturated carbocycles. The van der Waals surface area contributed by atoms with Gasteiger partial charge in [0.25, 0.3) is 0 Å². The molecule has 1 atom stereocenters. The fourth-order valence-electron chi connectivity index (χ4n) is 1.44. The maximum atomic E-state index is 11.4. The lowest BCUT2D eigenvalue weighted by atomic mass is 10.2. The quantitative estimate of drug-likeness (QED) is 0.401. The van der Waals surface area contributed by atoms with Crippen LogP contribution in [-0.2, 0) is 16.0 Å². The van der Waals surface area contributed by atoms with Crippen molar-refractivity contribution in [2.75, 3.05) is 17.9 Å². The molecule has 0 spiro atoms. The minimum atomic E-state index is -0.487. The van der Waals surface area contributed by atoms with E-state index in [9.17, 15) is 4.79 Å². The molecule has 0 saturated heterocycles. The number of carbonyl (C=O) groups is 1. The van der Waals surface area contributed by atoms with Gasteiger partial charge in [0.15, 0.2) is 0 Å². The summed E-state index contributed by atoms with van der Waals surface area (Å²) in [5.74, 6) is 6.81. The van der Waals surface area contributed by atoms with E-state index >= 15 is 0 Å². The normalized spacial score (nSPS) is 11.8. The van der Waals surface area contributed by atoms with E-state index in [1.54, 1.807) is 6.92 Å². The van der Waals surface area contributed by atoms with Crippen molar-refractivity contribution in [1.29, 1.82) is 0 Å². The molecule has 0 fully saturated rings. The first kappa shape index (κ1) is 14.2. The lowest BCUT2D eigenvalue weighted by molar-refractivity contribution is -0.141. The molecular formula is C11H19N5O2. The van der Waals surface area contributed by atoms with E-state index in [4.69, 9.17) is 5.84 Å². The number of nitrogen functional groups attached to an aromatic ring is 1. The predicted molar refractivity (Wildman–Crippen MR) is 69.1 cm³/mol. The number of esters is 1. The maximum absolute atomic E-state index is 11.4. The Bertz CT molecular complexity index is 436. The van der Waals surface area contributed by atoms with Crippen LogP contribution in [-0.4, -0.2) is 29.1 Å². The molecule has 0 aliphatic heterocycles. The molecule has 100 valence electrons. The van der Waals surface area contributed by atoms with Crippen LogP contribution >= 0.6 is 0 Å². The molecule has 7 heteroatoms. The first-order valence-electron chi connectivity index (χ1n) is 5.71. The number of aryl methyl sites for hydroxylation is 1. The van der Waals surface area contributed by atoms with Gasteiger partial charge in [0, 0.05) is 12.0 Å². The molecule has 1 unspecified atom stereocenters. The summed E-state index contributed by atoms with van der Waals surface area (Å²) in [6, 6.07) is -0.487. The zero-order chi connectivity index (χ0) is 13.7. The van der Waals surface area contributed by atoms with Gasteiger partial charge in [-0.05, 0) is 13.8 Å². The molecule has 0 bridgehead atoms. The average Bonchev–Trinajstić information content (AvgIpc) is 2.39. The first-order chi connectivity index (χ1) is 8.53. The summed E-state index contributed by atoms with van der Waals surface area (Å²) >= 11 is 0. The predicted octanol–water partition coefficient (Wildman–Crippen LogP) is 0.606.